The normalized spacial score (nSPS) is 13.1. The Kier molecular flexibility index (Phi) is 5.58. The summed E-state index contributed by atoms with van der Waals surface area (Å²) in [6.07, 6.45) is 0.711. The van der Waals surface area contributed by atoms with Crippen molar-refractivity contribution in [2.75, 3.05) is 6.61 Å². The molecule has 1 unspecified atom stereocenters. The maximum Gasteiger partial charge on any atom is 0.408 e. The monoisotopic (exact) mass is 297 g/mol. The molecule has 5 nitrogen and oxygen atoms in total. The van der Waals surface area contributed by atoms with Gasteiger partial charge in [-0.3, -0.25) is 0 Å². The number of hydrogen-bond donors (Lipinski definition) is 2. The van der Waals surface area contributed by atoms with E-state index in [2.05, 4.69) is 11.9 Å². The molecule has 0 aliphatic carbocycles. The summed E-state index contributed by atoms with van der Waals surface area (Å²) in [5, 5.41) is 12.2. The lowest BCUT2D eigenvalue weighted by atomic mass is 9.93. The van der Waals surface area contributed by atoms with Crippen LogP contribution in [0.15, 0.2) is 36.9 Å². The molecule has 0 bridgehead atoms. The third-order valence-electron chi connectivity index (χ3n) is 2.65. The molecule has 0 aromatic heterocycles. The van der Waals surface area contributed by atoms with Crippen LogP contribution in [-0.2, 0) is 16.0 Å². The Balaban J connectivity index is 2.80. The second kappa shape index (κ2) is 6.96. The van der Waals surface area contributed by atoms with Gasteiger partial charge in [0.2, 0.25) is 0 Å². The lowest BCUT2D eigenvalue weighted by Crippen LogP contribution is -2.54. The van der Waals surface area contributed by atoms with E-state index in [1.807, 2.05) is 0 Å². The fourth-order valence-electron chi connectivity index (χ4n) is 1.58. The van der Waals surface area contributed by atoms with Crippen LogP contribution in [0.4, 0.5) is 4.79 Å². The van der Waals surface area contributed by atoms with Crippen LogP contribution in [0.3, 0.4) is 0 Å². The molecule has 0 aliphatic rings. The largest absolute Gasteiger partial charge is 0.480 e. The number of amides is 1. The molecule has 20 heavy (non-hydrogen) atoms. The molecule has 0 heterocycles. The van der Waals surface area contributed by atoms with E-state index in [-0.39, 0.29) is 13.0 Å². The third-order valence-corrected chi connectivity index (χ3v) is 2.91. The molecule has 6 heteroatoms. The summed E-state index contributed by atoms with van der Waals surface area (Å²) in [5.41, 5.74) is -0.727. The predicted octanol–water partition coefficient (Wildman–Crippen LogP) is 2.64. The van der Waals surface area contributed by atoms with Crippen LogP contribution in [0.5, 0.6) is 0 Å². The number of halogens is 1. The topological polar surface area (TPSA) is 75.6 Å². The Hall–Kier alpha value is -2.01. The molecule has 0 radical (unpaired) electrons. The molecule has 108 valence electrons. The Morgan fingerprint density at radius 1 is 1.45 bits per heavy atom. The summed E-state index contributed by atoms with van der Waals surface area (Å²) in [5.74, 6) is -1.15. The lowest BCUT2D eigenvalue weighted by molar-refractivity contribution is -0.143. The van der Waals surface area contributed by atoms with Gasteiger partial charge in [-0.05, 0) is 24.6 Å². The molecule has 1 aromatic rings. The van der Waals surface area contributed by atoms with Gasteiger partial charge in [0.15, 0.2) is 0 Å². The molecular weight excluding hydrogens is 282 g/mol. The molecule has 1 amide bonds. The van der Waals surface area contributed by atoms with Gasteiger partial charge in [0, 0.05) is 11.4 Å². The molecule has 0 fully saturated rings. The van der Waals surface area contributed by atoms with Gasteiger partial charge in [-0.25, -0.2) is 9.59 Å². The van der Waals surface area contributed by atoms with E-state index in [1.165, 1.54) is 13.0 Å². The first-order valence-corrected chi connectivity index (χ1v) is 6.29. The molecule has 2 N–H and O–H groups in total. The number of benzene rings is 1. The number of alkyl carbamates (subject to hydrolysis) is 1. The highest BCUT2D eigenvalue weighted by Crippen LogP contribution is 2.17. The van der Waals surface area contributed by atoms with Gasteiger partial charge in [0.05, 0.1) is 0 Å². The fraction of sp³-hybridized carbons (Fsp3) is 0.286. The summed E-state index contributed by atoms with van der Waals surface area (Å²) in [4.78, 5) is 22.9. The molecule has 0 spiro atoms. The van der Waals surface area contributed by atoms with Gasteiger partial charge in [0.25, 0.3) is 0 Å². The van der Waals surface area contributed by atoms with Crippen LogP contribution in [0.2, 0.25) is 5.02 Å². The van der Waals surface area contributed by atoms with Crippen LogP contribution in [0.25, 0.3) is 0 Å². The fourth-order valence-corrected chi connectivity index (χ4v) is 1.71. The molecule has 1 aromatic carbocycles. The van der Waals surface area contributed by atoms with Crippen molar-refractivity contribution in [1.29, 1.82) is 0 Å². The van der Waals surface area contributed by atoms with Crippen molar-refractivity contribution in [2.24, 2.45) is 0 Å². The number of carbonyl (C=O) groups excluding carboxylic acids is 1. The lowest BCUT2D eigenvalue weighted by Gasteiger charge is -2.25. The number of carboxylic acid groups (broad SMARTS) is 1. The maximum atomic E-state index is 11.5. The van der Waals surface area contributed by atoms with E-state index in [0.717, 1.165) is 5.56 Å². The van der Waals surface area contributed by atoms with Crippen molar-refractivity contribution in [3.8, 4) is 0 Å². The van der Waals surface area contributed by atoms with Crippen molar-refractivity contribution in [2.45, 2.75) is 18.9 Å². The van der Waals surface area contributed by atoms with E-state index >= 15 is 0 Å². The quantitative estimate of drug-likeness (QED) is 0.792. The van der Waals surface area contributed by atoms with Crippen molar-refractivity contribution >= 4 is 23.7 Å². The Labute approximate surface area is 122 Å². The third kappa shape index (κ3) is 4.59. The molecule has 1 atom stereocenters. The van der Waals surface area contributed by atoms with Crippen molar-refractivity contribution in [3.05, 3.63) is 47.5 Å². The first-order valence-electron chi connectivity index (χ1n) is 5.91. The number of nitrogens with one attached hydrogen (secondary N) is 1. The van der Waals surface area contributed by atoms with Crippen LogP contribution in [0, 0.1) is 0 Å². The van der Waals surface area contributed by atoms with E-state index in [9.17, 15) is 14.7 Å². The minimum atomic E-state index is -1.47. The molecule has 0 saturated heterocycles. The predicted molar refractivity (Wildman–Crippen MR) is 75.9 cm³/mol. The number of rotatable bonds is 6. The Morgan fingerprint density at radius 2 is 2.05 bits per heavy atom. The van der Waals surface area contributed by atoms with E-state index < -0.39 is 17.6 Å². The van der Waals surface area contributed by atoms with Crippen molar-refractivity contribution < 1.29 is 19.4 Å². The summed E-state index contributed by atoms with van der Waals surface area (Å²) >= 11 is 5.77. The van der Waals surface area contributed by atoms with E-state index in [0.29, 0.717) is 5.02 Å². The van der Waals surface area contributed by atoms with Gasteiger partial charge in [-0.15, -0.1) is 0 Å². The Bertz CT molecular complexity index is 500. The zero-order valence-electron chi connectivity index (χ0n) is 11.1. The number of aliphatic carboxylic acids is 1. The highest BCUT2D eigenvalue weighted by atomic mass is 35.5. The van der Waals surface area contributed by atoms with Crippen LogP contribution >= 0.6 is 11.6 Å². The van der Waals surface area contributed by atoms with Gasteiger partial charge in [-0.2, -0.15) is 0 Å². The highest BCUT2D eigenvalue weighted by molar-refractivity contribution is 6.30. The molecule has 1 rings (SSSR count). The second-order valence-electron chi connectivity index (χ2n) is 4.45. The smallest absolute Gasteiger partial charge is 0.408 e. The van der Waals surface area contributed by atoms with E-state index in [4.69, 9.17) is 16.3 Å². The summed E-state index contributed by atoms with van der Waals surface area (Å²) < 4.78 is 4.74. The standard InChI is InChI=1S/C14H16ClNO4/c1-3-8-20-13(19)16-14(2,12(17)18)9-10-4-6-11(15)7-5-10/h3-7H,1,8-9H2,2H3,(H,16,19)(H,17,18). The van der Waals surface area contributed by atoms with Crippen molar-refractivity contribution in [3.63, 3.8) is 0 Å². The van der Waals surface area contributed by atoms with E-state index in [1.54, 1.807) is 24.3 Å². The molecular formula is C14H16ClNO4. The number of hydrogen-bond acceptors (Lipinski definition) is 3. The molecule has 0 aliphatic heterocycles. The minimum Gasteiger partial charge on any atom is -0.480 e. The summed E-state index contributed by atoms with van der Waals surface area (Å²) in [6.45, 7) is 4.84. The van der Waals surface area contributed by atoms with Gasteiger partial charge in [-0.1, -0.05) is 36.4 Å². The van der Waals surface area contributed by atoms with Crippen LogP contribution in [0.1, 0.15) is 12.5 Å². The summed E-state index contributed by atoms with van der Waals surface area (Å²) in [6, 6.07) is 6.74. The first-order chi connectivity index (χ1) is 9.37. The second-order valence-corrected chi connectivity index (χ2v) is 4.89. The SMILES string of the molecule is C=CCOC(=O)NC(C)(Cc1ccc(Cl)cc1)C(=O)O. The average molecular weight is 298 g/mol. The number of ether oxygens (including phenoxy) is 1. The zero-order chi connectivity index (χ0) is 15.2. The number of carbonyl (C=O) groups is 2. The zero-order valence-corrected chi connectivity index (χ0v) is 11.8. The van der Waals surface area contributed by atoms with Gasteiger partial charge < -0.3 is 15.2 Å². The van der Waals surface area contributed by atoms with Crippen molar-refractivity contribution in [1.82, 2.24) is 5.32 Å². The minimum absolute atomic E-state index is 0.0163. The highest BCUT2D eigenvalue weighted by Gasteiger charge is 2.35. The maximum absolute atomic E-state index is 11.5. The first kappa shape index (κ1) is 16.0. The van der Waals surface area contributed by atoms with Gasteiger partial charge >= 0.3 is 12.1 Å². The average Bonchev–Trinajstić information content (AvgIpc) is 2.39. The number of carboxylic acids is 1. The van der Waals surface area contributed by atoms with Crippen LogP contribution < -0.4 is 5.32 Å². The Morgan fingerprint density at radius 3 is 2.55 bits per heavy atom. The van der Waals surface area contributed by atoms with Gasteiger partial charge in [0.1, 0.15) is 12.1 Å². The molecule has 0 saturated carbocycles. The summed E-state index contributed by atoms with van der Waals surface area (Å²) in [7, 11) is 0. The van der Waals surface area contributed by atoms with Crippen LogP contribution in [-0.4, -0.2) is 29.3 Å².